The molecule has 1 aliphatic carbocycles. The molecule has 72 valence electrons. The van der Waals surface area contributed by atoms with Crippen LogP contribution in [0.4, 0.5) is 0 Å². The summed E-state index contributed by atoms with van der Waals surface area (Å²) in [7, 11) is 0. The second-order valence-corrected chi connectivity index (χ2v) is 3.90. The maximum absolute atomic E-state index is 5.53. The highest BCUT2D eigenvalue weighted by atomic mass is 14.7. The molecule has 0 saturated heterocycles. The van der Waals surface area contributed by atoms with Crippen LogP contribution in [0.25, 0.3) is 0 Å². The number of H-pyrrole nitrogens is 1. The van der Waals surface area contributed by atoms with Crippen molar-refractivity contribution in [1.82, 2.24) is 4.98 Å². The molecule has 2 heteroatoms. The van der Waals surface area contributed by atoms with E-state index in [9.17, 15) is 0 Å². The average Bonchev–Trinajstić information content (AvgIpc) is 2.37. The van der Waals surface area contributed by atoms with Crippen molar-refractivity contribution in [2.24, 2.45) is 5.73 Å². The minimum absolute atomic E-state index is 0.749. The lowest BCUT2D eigenvalue weighted by Crippen LogP contribution is -2.02. The number of aromatic amines is 1. The zero-order chi connectivity index (χ0) is 9.10. The van der Waals surface area contributed by atoms with E-state index in [1.54, 1.807) is 5.56 Å². The first-order valence-corrected chi connectivity index (χ1v) is 5.30. The molecular formula is C11H18N2. The molecular weight excluding hydrogens is 160 g/mol. The maximum atomic E-state index is 5.53. The van der Waals surface area contributed by atoms with Crippen molar-refractivity contribution in [3.8, 4) is 0 Å². The molecule has 0 radical (unpaired) electrons. The quantitative estimate of drug-likeness (QED) is 0.666. The number of nitrogens with one attached hydrogen (secondary N) is 1. The molecule has 0 fully saturated rings. The van der Waals surface area contributed by atoms with Gasteiger partial charge < -0.3 is 10.7 Å². The third-order valence-electron chi connectivity index (χ3n) is 2.83. The summed E-state index contributed by atoms with van der Waals surface area (Å²) in [6.45, 7) is 0.749. The number of fused-ring (bicyclic) bond motifs is 1. The monoisotopic (exact) mass is 178 g/mol. The summed E-state index contributed by atoms with van der Waals surface area (Å²) in [4.78, 5) is 3.49. The van der Waals surface area contributed by atoms with Gasteiger partial charge in [-0.2, -0.15) is 0 Å². The highest BCUT2D eigenvalue weighted by Crippen LogP contribution is 2.21. The summed E-state index contributed by atoms with van der Waals surface area (Å²) >= 11 is 0. The van der Waals surface area contributed by atoms with E-state index in [2.05, 4.69) is 11.1 Å². The van der Waals surface area contributed by atoms with Crippen LogP contribution in [0.5, 0.6) is 0 Å². The Labute approximate surface area is 79.5 Å². The average molecular weight is 178 g/mol. The van der Waals surface area contributed by atoms with Crippen LogP contribution in [0.2, 0.25) is 0 Å². The van der Waals surface area contributed by atoms with E-state index in [0.717, 1.165) is 13.0 Å². The Balaban J connectivity index is 2.17. The van der Waals surface area contributed by atoms with Crippen molar-refractivity contribution < 1.29 is 0 Å². The summed E-state index contributed by atoms with van der Waals surface area (Å²) in [5.41, 5.74) is 9.87. The van der Waals surface area contributed by atoms with Gasteiger partial charge in [-0.1, -0.05) is 6.42 Å². The molecule has 1 aromatic heterocycles. The molecule has 0 atom stereocenters. The summed E-state index contributed by atoms with van der Waals surface area (Å²) in [5, 5.41) is 0. The molecule has 1 aromatic rings. The second kappa shape index (κ2) is 3.97. The Morgan fingerprint density at radius 2 is 2.08 bits per heavy atom. The lowest BCUT2D eigenvalue weighted by atomic mass is 10.1. The summed E-state index contributed by atoms with van der Waals surface area (Å²) in [6, 6.07) is 2.31. The van der Waals surface area contributed by atoms with Crippen molar-refractivity contribution >= 4 is 0 Å². The van der Waals surface area contributed by atoms with Gasteiger partial charge in [-0.3, -0.25) is 0 Å². The minimum atomic E-state index is 0.749. The van der Waals surface area contributed by atoms with Gasteiger partial charge in [-0.25, -0.2) is 0 Å². The number of hydrogen-bond acceptors (Lipinski definition) is 1. The molecule has 2 nitrogen and oxygen atoms in total. The zero-order valence-electron chi connectivity index (χ0n) is 8.10. The second-order valence-electron chi connectivity index (χ2n) is 3.90. The third kappa shape index (κ3) is 1.94. The maximum Gasteiger partial charge on any atom is 0.0181 e. The van der Waals surface area contributed by atoms with Gasteiger partial charge in [0.05, 0.1) is 0 Å². The van der Waals surface area contributed by atoms with E-state index < -0.39 is 0 Å². The lowest BCUT2D eigenvalue weighted by molar-refractivity contribution is 0.705. The Morgan fingerprint density at radius 1 is 1.23 bits per heavy atom. The normalized spacial score (nSPS) is 16.7. The number of aryl methyl sites for hydroxylation is 2. The molecule has 1 heterocycles. The third-order valence-corrected chi connectivity index (χ3v) is 2.83. The highest BCUT2D eigenvalue weighted by Gasteiger charge is 2.10. The largest absolute Gasteiger partial charge is 0.362 e. The van der Waals surface area contributed by atoms with Crippen molar-refractivity contribution in [2.45, 2.75) is 38.5 Å². The van der Waals surface area contributed by atoms with Crippen LogP contribution >= 0.6 is 0 Å². The Kier molecular flexibility index (Phi) is 2.69. The Bertz CT molecular complexity index is 252. The van der Waals surface area contributed by atoms with E-state index >= 15 is 0 Å². The van der Waals surface area contributed by atoms with Crippen LogP contribution in [-0.4, -0.2) is 11.5 Å². The molecule has 0 spiro atoms. The van der Waals surface area contributed by atoms with Crippen molar-refractivity contribution in [3.63, 3.8) is 0 Å². The predicted molar refractivity (Wildman–Crippen MR) is 54.8 cm³/mol. The fraction of sp³-hybridized carbons (Fsp3) is 0.636. The topological polar surface area (TPSA) is 41.8 Å². The van der Waals surface area contributed by atoms with Gasteiger partial charge in [-0.05, 0) is 50.3 Å². The predicted octanol–water partition coefficient (Wildman–Crippen LogP) is 1.78. The molecule has 0 bridgehead atoms. The van der Waals surface area contributed by atoms with Crippen LogP contribution in [0.1, 0.15) is 36.2 Å². The van der Waals surface area contributed by atoms with Gasteiger partial charge in [0.25, 0.3) is 0 Å². The van der Waals surface area contributed by atoms with Gasteiger partial charge >= 0.3 is 0 Å². The van der Waals surface area contributed by atoms with E-state index in [0.29, 0.717) is 0 Å². The number of aromatic nitrogens is 1. The standard InChI is InChI=1S/C11H18N2/c12-7-6-10-8-9-4-2-1-3-5-11(9)13-10/h8,13H,1-7,12H2. The van der Waals surface area contributed by atoms with Crippen LogP contribution < -0.4 is 5.73 Å². The Morgan fingerprint density at radius 3 is 2.92 bits per heavy atom. The van der Waals surface area contributed by atoms with Crippen molar-refractivity contribution in [2.75, 3.05) is 6.54 Å². The molecule has 0 unspecified atom stereocenters. The molecule has 1 aliphatic rings. The van der Waals surface area contributed by atoms with Crippen LogP contribution in [-0.2, 0) is 19.3 Å². The van der Waals surface area contributed by atoms with Gasteiger partial charge in [0, 0.05) is 11.4 Å². The van der Waals surface area contributed by atoms with E-state index in [1.165, 1.54) is 43.5 Å². The molecule has 0 aliphatic heterocycles. The first kappa shape index (κ1) is 8.82. The summed E-state index contributed by atoms with van der Waals surface area (Å²) in [6.07, 6.45) is 7.57. The molecule has 0 aromatic carbocycles. The van der Waals surface area contributed by atoms with Gasteiger partial charge in [0.15, 0.2) is 0 Å². The molecule has 13 heavy (non-hydrogen) atoms. The lowest BCUT2D eigenvalue weighted by Gasteiger charge is -1.95. The van der Waals surface area contributed by atoms with Crippen LogP contribution in [0.3, 0.4) is 0 Å². The molecule has 0 amide bonds. The SMILES string of the molecule is NCCc1cc2c([nH]1)CCCCC2. The van der Waals surface area contributed by atoms with Crippen LogP contribution in [0.15, 0.2) is 6.07 Å². The van der Waals surface area contributed by atoms with Gasteiger partial charge in [-0.15, -0.1) is 0 Å². The fourth-order valence-electron chi connectivity index (χ4n) is 2.14. The van der Waals surface area contributed by atoms with Gasteiger partial charge in [0.2, 0.25) is 0 Å². The molecule has 3 N–H and O–H groups in total. The van der Waals surface area contributed by atoms with E-state index in [1.807, 2.05) is 0 Å². The van der Waals surface area contributed by atoms with Gasteiger partial charge in [0.1, 0.15) is 0 Å². The van der Waals surface area contributed by atoms with E-state index in [4.69, 9.17) is 5.73 Å². The smallest absolute Gasteiger partial charge is 0.0181 e. The number of nitrogens with two attached hydrogens (primary N) is 1. The van der Waals surface area contributed by atoms with Crippen LogP contribution in [0, 0.1) is 0 Å². The first-order chi connectivity index (χ1) is 6.40. The number of rotatable bonds is 2. The van der Waals surface area contributed by atoms with Crippen molar-refractivity contribution in [3.05, 3.63) is 23.0 Å². The fourth-order valence-corrected chi connectivity index (χ4v) is 2.14. The minimum Gasteiger partial charge on any atom is -0.362 e. The highest BCUT2D eigenvalue weighted by molar-refractivity contribution is 5.27. The first-order valence-electron chi connectivity index (χ1n) is 5.30. The van der Waals surface area contributed by atoms with Crippen molar-refractivity contribution in [1.29, 1.82) is 0 Å². The Hall–Kier alpha value is -0.760. The number of hydrogen-bond donors (Lipinski definition) is 2. The summed E-state index contributed by atoms with van der Waals surface area (Å²) < 4.78 is 0. The summed E-state index contributed by atoms with van der Waals surface area (Å²) in [5.74, 6) is 0. The van der Waals surface area contributed by atoms with E-state index in [-0.39, 0.29) is 0 Å². The molecule has 2 rings (SSSR count). The zero-order valence-corrected chi connectivity index (χ0v) is 8.10. The molecule has 0 saturated carbocycles.